The van der Waals surface area contributed by atoms with Crippen LogP contribution >= 0.6 is 0 Å². The van der Waals surface area contributed by atoms with Gasteiger partial charge < -0.3 is 16.0 Å². The van der Waals surface area contributed by atoms with Gasteiger partial charge >= 0.3 is 0 Å². The van der Waals surface area contributed by atoms with Crippen LogP contribution in [0, 0.1) is 0 Å². The SMILES string of the molecule is CC(CNC(=O)C1(N)CCCCC1)N1CCN(C)CC1. The van der Waals surface area contributed by atoms with Gasteiger partial charge in [-0.25, -0.2) is 0 Å². The largest absolute Gasteiger partial charge is 0.353 e. The third-order valence-electron chi connectivity index (χ3n) is 4.92. The first kappa shape index (κ1) is 15.7. The Morgan fingerprint density at radius 3 is 2.40 bits per heavy atom. The zero-order valence-electron chi connectivity index (χ0n) is 13.0. The van der Waals surface area contributed by atoms with Gasteiger partial charge in [-0.05, 0) is 26.8 Å². The molecule has 0 spiro atoms. The van der Waals surface area contributed by atoms with Crippen molar-refractivity contribution in [2.75, 3.05) is 39.8 Å². The van der Waals surface area contributed by atoms with E-state index in [2.05, 4.69) is 29.1 Å². The van der Waals surface area contributed by atoms with Gasteiger partial charge in [0.2, 0.25) is 5.91 Å². The van der Waals surface area contributed by atoms with E-state index in [0.717, 1.165) is 51.9 Å². The molecule has 2 rings (SSSR count). The van der Waals surface area contributed by atoms with Crippen LogP contribution in [0.5, 0.6) is 0 Å². The van der Waals surface area contributed by atoms with E-state index in [1.54, 1.807) is 0 Å². The molecular weight excluding hydrogens is 252 g/mol. The van der Waals surface area contributed by atoms with Crippen molar-refractivity contribution < 1.29 is 4.79 Å². The molecule has 3 N–H and O–H groups in total. The monoisotopic (exact) mass is 282 g/mol. The molecule has 0 radical (unpaired) electrons. The molecule has 1 aliphatic heterocycles. The Labute approximate surface area is 122 Å². The second kappa shape index (κ2) is 6.87. The predicted octanol–water partition coefficient (Wildman–Crippen LogP) is 0.400. The van der Waals surface area contributed by atoms with Gasteiger partial charge in [-0.3, -0.25) is 9.69 Å². The number of carbonyl (C=O) groups excluding carboxylic acids is 1. The molecule has 1 saturated heterocycles. The van der Waals surface area contributed by atoms with E-state index in [1.807, 2.05) is 0 Å². The van der Waals surface area contributed by atoms with Crippen LogP contribution in [0.1, 0.15) is 39.0 Å². The average Bonchev–Trinajstić information content (AvgIpc) is 2.46. The van der Waals surface area contributed by atoms with Crippen LogP contribution in [-0.4, -0.2) is 67.1 Å². The molecule has 0 aromatic rings. The van der Waals surface area contributed by atoms with Crippen molar-refractivity contribution in [3.8, 4) is 0 Å². The Kier molecular flexibility index (Phi) is 5.41. The Morgan fingerprint density at radius 1 is 1.20 bits per heavy atom. The molecule has 0 bridgehead atoms. The van der Waals surface area contributed by atoms with Crippen molar-refractivity contribution in [2.24, 2.45) is 5.73 Å². The summed E-state index contributed by atoms with van der Waals surface area (Å²) in [4.78, 5) is 17.1. The first-order valence-electron chi connectivity index (χ1n) is 8.01. The summed E-state index contributed by atoms with van der Waals surface area (Å²) in [6.07, 6.45) is 5.04. The summed E-state index contributed by atoms with van der Waals surface area (Å²) < 4.78 is 0. The highest BCUT2D eigenvalue weighted by molar-refractivity contribution is 5.86. The molecule has 2 fully saturated rings. The quantitative estimate of drug-likeness (QED) is 0.783. The molecule has 1 heterocycles. The molecule has 116 valence electrons. The van der Waals surface area contributed by atoms with Crippen molar-refractivity contribution in [3.05, 3.63) is 0 Å². The molecule has 20 heavy (non-hydrogen) atoms. The fourth-order valence-electron chi connectivity index (χ4n) is 3.22. The fraction of sp³-hybridized carbons (Fsp3) is 0.933. The molecule has 1 amide bonds. The summed E-state index contributed by atoms with van der Waals surface area (Å²) in [7, 11) is 2.16. The number of nitrogens with zero attached hydrogens (tertiary/aromatic N) is 2. The minimum Gasteiger partial charge on any atom is -0.353 e. The third kappa shape index (κ3) is 3.93. The summed E-state index contributed by atoms with van der Waals surface area (Å²) in [6, 6.07) is 0.389. The number of carbonyl (C=O) groups is 1. The van der Waals surface area contributed by atoms with E-state index in [9.17, 15) is 4.79 Å². The molecular formula is C15H30N4O. The van der Waals surface area contributed by atoms with Gasteiger partial charge in [-0.15, -0.1) is 0 Å². The molecule has 5 nitrogen and oxygen atoms in total. The number of piperazine rings is 1. The maximum atomic E-state index is 12.3. The van der Waals surface area contributed by atoms with Crippen LogP contribution in [-0.2, 0) is 4.79 Å². The first-order chi connectivity index (χ1) is 9.51. The average molecular weight is 282 g/mol. The molecule has 0 aromatic heterocycles. The van der Waals surface area contributed by atoms with Gasteiger partial charge in [-0.1, -0.05) is 19.3 Å². The van der Waals surface area contributed by atoms with Crippen molar-refractivity contribution in [1.29, 1.82) is 0 Å². The number of likely N-dealkylation sites (N-methyl/N-ethyl adjacent to an activating group) is 1. The Hall–Kier alpha value is -0.650. The molecule has 1 atom stereocenters. The van der Waals surface area contributed by atoms with Gasteiger partial charge in [0.25, 0.3) is 0 Å². The minimum absolute atomic E-state index is 0.0539. The minimum atomic E-state index is -0.611. The van der Waals surface area contributed by atoms with Gasteiger partial charge in [0.1, 0.15) is 0 Å². The van der Waals surface area contributed by atoms with Crippen molar-refractivity contribution >= 4 is 5.91 Å². The van der Waals surface area contributed by atoms with E-state index in [0.29, 0.717) is 12.6 Å². The number of hydrogen-bond acceptors (Lipinski definition) is 4. The summed E-state index contributed by atoms with van der Waals surface area (Å²) >= 11 is 0. The molecule has 0 aromatic carbocycles. The lowest BCUT2D eigenvalue weighted by molar-refractivity contribution is -0.127. The number of amides is 1. The van der Waals surface area contributed by atoms with E-state index in [4.69, 9.17) is 5.73 Å². The summed E-state index contributed by atoms with van der Waals surface area (Å²) in [6.45, 7) is 7.29. The fourth-order valence-corrected chi connectivity index (χ4v) is 3.22. The maximum absolute atomic E-state index is 12.3. The van der Waals surface area contributed by atoms with Crippen LogP contribution in [0.3, 0.4) is 0 Å². The van der Waals surface area contributed by atoms with E-state index < -0.39 is 5.54 Å². The number of rotatable bonds is 4. The van der Waals surface area contributed by atoms with Gasteiger partial charge in [-0.2, -0.15) is 0 Å². The first-order valence-corrected chi connectivity index (χ1v) is 8.01. The smallest absolute Gasteiger partial charge is 0.240 e. The van der Waals surface area contributed by atoms with Crippen LogP contribution in [0.2, 0.25) is 0 Å². The van der Waals surface area contributed by atoms with Crippen molar-refractivity contribution in [2.45, 2.75) is 50.6 Å². The lowest BCUT2D eigenvalue weighted by atomic mass is 9.82. The van der Waals surface area contributed by atoms with E-state index in [1.165, 1.54) is 6.42 Å². The summed E-state index contributed by atoms with van der Waals surface area (Å²) in [5.41, 5.74) is 5.64. The van der Waals surface area contributed by atoms with E-state index >= 15 is 0 Å². The molecule has 1 saturated carbocycles. The Morgan fingerprint density at radius 2 is 1.80 bits per heavy atom. The predicted molar refractivity (Wildman–Crippen MR) is 81.5 cm³/mol. The van der Waals surface area contributed by atoms with Gasteiger partial charge in [0.05, 0.1) is 5.54 Å². The van der Waals surface area contributed by atoms with Crippen LogP contribution in [0.4, 0.5) is 0 Å². The molecule has 2 aliphatic rings. The summed E-state index contributed by atoms with van der Waals surface area (Å²) in [5.74, 6) is 0.0539. The number of nitrogens with two attached hydrogens (primary N) is 1. The van der Waals surface area contributed by atoms with Crippen LogP contribution in [0.15, 0.2) is 0 Å². The third-order valence-corrected chi connectivity index (χ3v) is 4.92. The molecule has 5 heteroatoms. The lowest BCUT2D eigenvalue weighted by Gasteiger charge is -2.37. The second-order valence-electron chi connectivity index (χ2n) is 6.62. The standard InChI is InChI=1S/C15H30N4O/c1-13(19-10-8-18(2)9-11-19)12-17-14(20)15(16)6-4-3-5-7-15/h13H,3-12,16H2,1-2H3,(H,17,20). The van der Waals surface area contributed by atoms with Gasteiger partial charge in [0, 0.05) is 38.8 Å². The lowest BCUT2D eigenvalue weighted by Crippen LogP contribution is -2.57. The zero-order chi connectivity index (χ0) is 14.6. The highest BCUT2D eigenvalue weighted by atomic mass is 16.2. The van der Waals surface area contributed by atoms with Crippen LogP contribution in [0.25, 0.3) is 0 Å². The highest BCUT2D eigenvalue weighted by Crippen LogP contribution is 2.25. The highest BCUT2D eigenvalue weighted by Gasteiger charge is 2.35. The van der Waals surface area contributed by atoms with E-state index in [-0.39, 0.29) is 5.91 Å². The van der Waals surface area contributed by atoms with Gasteiger partial charge in [0.15, 0.2) is 0 Å². The number of nitrogens with one attached hydrogen (secondary N) is 1. The topological polar surface area (TPSA) is 61.6 Å². The number of hydrogen-bond donors (Lipinski definition) is 2. The van der Waals surface area contributed by atoms with Crippen molar-refractivity contribution in [1.82, 2.24) is 15.1 Å². The zero-order valence-corrected chi connectivity index (χ0v) is 13.0. The molecule has 1 aliphatic carbocycles. The normalized spacial score (nSPS) is 26.1. The maximum Gasteiger partial charge on any atom is 0.240 e. The van der Waals surface area contributed by atoms with Crippen molar-refractivity contribution in [3.63, 3.8) is 0 Å². The molecule has 1 unspecified atom stereocenters. The second-order valence-corrected chi connectivity index (χ2v) is 6.62. The Bertz CT molecular complexity index is 320. The van der Waals surface area contributed by atoms with Crippen LogP contribution < -0.4 is 11.1 Å². The Balaban J connectivity index is 1.75. The summed E-state index contributed by atoms with van der Waals surface area (Å²) in [5, 5.41) is 3.08.